The van der Waals surface area contributed by atoms with Crippen LogP contribution < -0.4 is 24.8 Å². The van der Waals surface area contributed by atoms with Gasteiger partial charge in [-0.05, 0) is 0 Å². The van der Waals surface area contributed by atoms with Gasteiger partial charge in [-0.25, -0.2) is 0 Å². The second-order valence-corrected chi connectivity index (χ2v) is 4.20. The average Bonchev–Trinajstić information content (AvgIpc) is 2.41. The van der Waals surface area contributed by atoms with Gasteiger partial charge in [0, 0.05) is 25.7 Å². The molecule has 6 heteroatoms. The number of hydrogen-bond donors (Lipinski definition) is 1. The first-order valence-electron chi connectivity index (χ1n) is 5.78. The number of carbonyl (C=O) groups is 1. The van der Waals surface area contributed by atoms with Crippen LogP contribution in [-0.4, -0.2) is 38.8 Å². The van der Waals surface area contributed by atoms with Crippen LogP contribution in [0.5, 0.6) is 17.2 Å². The molecule has 3 rings (SSSR count). The molecular weight excluding hydrogens is 236 g/mol. The minimum absolute atomic E-state index is 0.150. The molecular formula is C12H14N2O4. The number of nitrogens with two attached hydrogens (primary N) is 1. The lowest BCUT2D eigenvalue weighted by atomic mass is 10.1. The summed E-state index contributed by atoms with van der Waals surface area (Å²) in [5.41, 5.74) is 6.20. The monoisotopic (exact) mass is 250 g/mol. The molecule has 0 saturated carbocycles. The fourth-order valence-corrected chi connectivity index (χ4v) is 2.10. The van der Waals surface area contributed by atoms with E-state index in [-0.39, 0.29) is 12.5 Å². The van der Waals surface area contributed by atoms with Crippen molar-refractivity contribution < 1.29 is 19.0 Å². The van der Waals surface area contributed by atoms with E-state index in [0.29, 0.717) is 36.1 Å². The van der Waals surface area contributed by atoms with Crippen LogP contribution >= 0.6 is 0 Å². The summed E-state index contributed by atoms with van der Waals surface area (Å²) in [6.07, 6.45) is -0.634. The van der Waals surface area contributed by atoms with Crippen LogP contribution in [0.2, 0.25) is 0 Å². The maximum atomic E-state index is 11.9. The smallest absolute Gasteiger partial charge is 0.269 e. The largest absolute Gasteiger partial charge is 0.486 e. The van der Waals surface area contributed by atoms with Gasteiger partial charge in [-0.2, -0.15) is 0 Å². The second-order valence-electron chi connectivity index (χ2n) is 4.20. The van der Waals surface area contributed by atoms with Gasteiger partial charge in [-0.3, -0.25) is 4.79 Å². The van der Waals surface area contributed by atoms with E-state index in [2.05, 4.69) is 0 Å². The molecule has 2 aliphatic heterocycles. The zero-order valence-corrected chi connectivity index (χ0v) is 10.0. The summed E-state index contributed by atoms with van der Waals surface area (Å²) >= 11 is 0. The number of ether oxygens (including phenoxy) is 3. The first kappa shape index (κ1) is 11.2. The van der Waals surface area contributed by atoms with Gasteiger partial charge in [0.25, 0.3) is 5.91 Å². The van der Waals surface area contributed by atoms with E-state index in [4.69, 9.17) is 19.9 Å². The average molecular weight is 250 g/mol. The van der Waals surface area contributed by atoms with Gasteiger partial charge < -0.3 is 24.8 Å². The highest BCUT2D eigenvalue weighted by atomic mass is 16.6. The van der Waals surface area contributed by atoms with E-state index < -0.39 is 6.10 Å². The van der Waals surface area contributed by atoms with Crippen LogP contribution in [0.4, 0.5) is 5.69 Å². The summed E-state index contributed by atoms with van der Waals surface area (Å²) in [6, 6.07) is 3.50. The van der Waals surface area contributed by atoms with Gasteiger partial charge in [0.1, 0.15) is 19.0 Å². The zero-order chi connectivity index (χ0) is 12.7. The number of nitrogens with zero attached hydrogens (tertiary/aromatic N) is 1. The normalized spacial score (nSPS) is 21.3. The van der Waals surface area contributed by atoms with E-state index in [1.54, 1.807) is 19.2 Å². The zero-order valence-electron chi connectivity index (χ0n) is 10.0. The molecule has 0 bridgehead atoms. The number of benzene rings is 1. The van der Waals surface area contributed by atoms with Crippen LogP contribution in [0.3, 0.4) is 0 Å². The van der Waals surface area contributed by atoms with Gasteiger partial charge in [-0.1, -0.05) is 0 Å². The number of carbonyl (C=O) groups excluding carboxylic acids is 1. The minimum Gasteiger partial charge on any atom is -0.486 e. The van der Waals surface area contributed by atoms with E-state index in [0.717, 1.165) is 0 Å². The van der Waals surface area contributed by atoms with Crippen molar-refractivity contribution in [2.45, 2.75) is 6.10 Å². The molecule has 1 amide bonds. The van der Waals surface area contributed by atoms with E-state index in [9.17, 15) is 4.79 Å². The van der Waals surface area contributed by atoms with Crippen molar-refractivity contribution >= 4 is 11.6 Å². The van der Waals surface area contributed by atoms with Crippen molar-refractivity contribution in [2.75, 3.05) is 31.7 Å². The number of rotatable bonds is 1. The second kappa shape index (κ2) is 4.06. The quantitative estimate of drug-likeness (QED) is 0.767. The molecule has 0 radical (unpaired) electrons. The topological polar surface area (TPSA) is 74.0 Å². The fourth-order valence-electron chi connectivity index (χ4n) is 2.10. The highest BCUT2D eigenvalue weighted by Gasteiger charge is 2.33. The third-order valence-corrected chi connectivity index (χ3v) is 3.07. The molecule has 2 heterocycles. The Labute approximate surface area is 104 Å². The van der Waals surface area contributed by atoms with Crippen LogP contribution in [0, 0.1) is 0 Å². The Morgan fingerprint density at radius 3 is 2.61 bits per heavy atom. The van der Waals surface area contributed by atoms with Crippen molar-refractivity contribution in [3.8, 4) is 17.2 Å². The third-order valence-electron chi connectivity index (χ3n) is 3.07. The molecule has 2 aliphatic rings. The van der Waals surface area contributed by atoms with Crippen molar-refractivity contribution in [1.82, 2.24) is 0 Å². The van der Waals surface area contributed by atoms with E-state index in [1.165, 1.54) is 4.90 Å². The lowest BCUT2D eigenvalue weighted by Gasteiger charge is -2.32. The molecule has 1 unspecified atom stereocenters. The number of amides is 1. The molecule has 0 saturated heterocycles. The highest BCUT2D eigenvalue weighted by Crippen LogP contribution is 2.43. The SMILES string of the molecule is CN1C(=O)C(CN)Oc2cc3c(cc21)OCCO3. The molecule has 0 aliphatic carbocycles. The summed E-state index contributed by atoms with van der Waals surface area (Å²) in [7, 11) is 1.70. The third kappa shape index (κ3) is 1.57. The molecule has 1 aromatic rings. The molecule has 18 heavy (non-hydrogen) atoms. The Bertz CT molecular complexity index is 503. The predicted octanol–water partition coefficient (Wildman–Crippen LogP) is 0.140. The molecule has 1 atom stereocenters. The summed E-state index contributed by atoms with van der Waals surface area (Å²) in [4.78, 5) is 13.5. The van der Waals surface area contributed by atoms with Crippen LogP contribution in [-0.2, 0) is 4.79 Å². The number of anilines is 1. The van der Waals surface area contributed by atoms with E-state index >= 15 is 0 Å². The van der Waals surface area contributed by atoms with Gasteiger partial charge >= 0.3 is 0 Å². The molecule has 0 spiro atoms. The summed E-state index contributed by atoms with van der Waals surface area (Å²) in [5, 5.41) is 0. The summed E-state index contributed by atoms with van der Waals surface area (Å²) < 4.78 is 16.5. The van der Waals surface area contributed by atoms with Crippen LogP contribution in [0.25, 0.3) is 0 Å². The van der Waals surface area contributed by atoms with Crippen molar-refractivity contribution in [3.05, 3.63) is 12.1 Å². The molecule has 0 fully saturated rings. The van der Waals surface area contributed by atoms with Gasteiger partial charge in [0.05, 0.1) is 5.69 Å². The first-order valence-corrected chi connectivity index (χ1v) is 5.78. The van der Waals surface area contributed by atoms with Crippen LogP contribution in [0.1, 0.15) is 0 Å². The van der Waals surface area contributed by atoms with Gasteiger partial charge in [0.15, 0.2) is 17.6 Å². The minimum atomic E-state index is -0.634. The Balaban J connectivity index is 2.06. The maximum absolute atomic E-state index is 11.9. The Hall–Kier alpha value is -1.95. The lowest BCUT2D eigenvalue weighted by molar-refractivity contribution is -0.125. The summed E-state index contributed by atoms with van der Waals surface area (Å²) in [5.74, 6) is 1.71. The van der Waals surface area contributed by atoms with Crippen molar-refractivity contribution in [1.29, 1.82) is 0 Å². The Kier molecular flexibility index (Phi) is 2.52. The number of hydrogen-bond acceptors (Lipinski definition) is 5. The predicted molar refractivity (Wildman–Crippen MR) is 64.3 cm³/mol. The van der Waals surface area contributed by atoms with Gasteiger partial charge in [-0.15, -0.1) is 0 Å². The summed E-state index contributed by atoms with van der Waals surface area (Å²) in [6.45, 7) is 1.17. The molecule has 96 valence electrons. The Morgan fingerprint density at radius 1 is 1.28 bits per heavy atom. The van der Waals surface area contributed by atoms with E-state index in [1.807, 2.05) is 0 Å². The number of likely N-dealkylation sites (N-methyl/N-ethyl adjacent to an activating group) is 1. The maximum Gasteiger partial charge on any atom is 0.269 e. The van der Waals surface area contributed by atoms with Crippen LogP contribution in [0.15, 0.2) is 12.1 Å². The van der Waals surface area contributed by atoms with Gasteiger partial charge in [0.2, 0.25) is 0 Å². The molecule has 6 nitrogen and oxygen atoms in total. The molecule has 2 N–H and O–H groups in total. The Morgan fingerprint density at radius 2 is 1.94 bits per heavy atom. The lowest BCUT2D eigenvalue weighted by Crippen LogP contribution is -2.47. The first-order chi connectivity index (χ1) is 8.70. The van der Waals surface area contributed by atoms with Crippen molar-refractivity contribution in [2.24, 2.45) is 5.73 Å². The fraction of sp³-hybridized carbons (Fsp3) is 0.417. The highest BCUT2D eigenvalue weighted by molar-refractivity contribution is 6.00. The van der Waals surface area contributed by atoms with Crippen molar-refractivity contribution in [3.63, 3.8) is 0 Å². The molecule has 0 aromatic heterocycles. The number of fused-ring (bicyclic) bond motifs is 2. The molecule has 1 aromatic carbocycles. The standard InChI is InChI=1S/C12H14N2O4/c1-14-7-4-9-10(17-3-2-16-9)5-8(7)18-11(6-13)12(14)15/h4-5,11H,2-3,6,13H2,1H3.